The van der Waals surface area contributed by atoms with Crippen molar-refractivity contribution < 1.29 is 14.2 Å². The first-order valence-electron chi connectivity index (χ1n) is 7.32. The van der Waals surface area contributed by atoms with E-state index in [1.165, 1.54) is 6.07 Å². The zero-order valence-electron chi connectivity index (χ0n) is 12.7. The second-order valence-electron chi connectivity index (χ2n) is 6.10. The van der Waals surface area contributed by atoms with Crippen LogP contribution in [0, 0.1) is 5.82 Å². The minimum absolute atomic E-state index is 0.199. The number of nitrogens with zero attached hydrogens (tertiary/aromatic N) is 1. The Hall–Kier alpha value is -0.620. The molecular weight excluding hydrogens is 289 g/mol. The highest BCUT2D eigenvalue weighted by Gasteiger charge is 2.27. The van der Waals surface area contributed by atoms with Gasteiger partial charge in [0.2, 0.25) is 0 Å². The first-order chi connectivity index (χ1) is 9.96. The summed E-state index contributed by atoms with van der Waals surface area (Å²) in [7, 11) is 0. The predicted molar refractivity (Wildman–Crippen MR) is 85.0 cm³/mol. The van der Waals surface area contributed by atoms with Gasteiger partial charge >= 0.3 is 0 Å². The zero-order valence-corrected chi connectivity index (χ0v) is 13.5. The standard InChI is InChI=1S/C16H24FNO2S/c1-16(2)12-18(7-8-21-16)9-14(19)11-20-10-13-5-3-4-6-15(13)17/h3-6,14,19H,7-12H2,1-2H3. The molecule has 1 N–H and O–H groups in total. The minimum Gasteiger partial charge on any atom is -0.389 e. The lowest BCUT2D eigenvalue weighted by Crippen LogP contribution is -2.46. The van der Waals surface area contributed by atoms with E-state index in [9.17, 15) is 9.50 Å². The average molecular weight is 313 g/mol. The van der Waals surface area contributed by atoms with Gasteiger partial charge in [-0.2, -0.15) is 11.8 Å². The van der Waals surface area contributed by atoms with Gasteiger partial charge in [0, 0.05) is 35.7 Å². The van der Waals surface area contributed by atoms with Crippen LogP contribution in [-0.2, 0) is 11.3 Å². The van der Waals surface area contributed by atoms with Gasteiger partial charge < -0.3 is 9.84 Å². The number of aliphatic hydroxyl groups excluding tert-OH is 1. The van der Waals surface area contributed by atoms with Crippen LogP contribution in [0.25, 0.3) is 0 Å². The summed E-state index contributed by atoms with van der Waals surface area (Å²) in [6.07, 6.45) is -0.532. The van der Waals surface area contributed by atoms with E-state index in [1.54, 1.807) is 18.2 Å². The maximum absolute atomic E-state index is 13.4. The van der Waals surface area contributed by atoms with Gasteiger partial charge in [0.15, 0.2) is 0 Å². The Balaban J connectivity index is 1.70. The van der Waals surface area contributed by atoms with Gasteiger partial charge in [-0.15, -0.1) is 0 Å². The molecule has 21 heavy (non-hydrogen) atoms. The van der Waals surface area contributed by atoms with Crippen molar-refractivity contribution in [2.45, 2.75) is 31.3 Å². The van der Waals surface area contributed by atoms with Gasteiger partial charge in [-0.1, -0.05) is 18.2 Å². The van der Waals surface area contributed by atoms with Crippen LogP contribution in [0.2, 0.25) is 0 Å². The van der Waals surface area contributed by atoms with Crippen molar-refractivity contribution in [3.63, 3.8) is 0 Å². The normalized spacial score (nSPS) is 20.4. The molecule has 5 heteroatoms. The highest BCUT2D eigenvalue weighted by Crippen LogP contribution is 2.29. The van der Waals surface area contributed by atoms with Crippen LogP contribution in [0.15, 0.2) is 24.3 Å². The van der Waals surface area contributed by atoms with Crippen molar-refractivity contribution in [3.8, 4) is 0 Å². The number of ether oxygens (including phenoxy) is 1. The van der Waals surface area contributed by atoms with E-state index in [-0.39, 0.29) is 23.8 Å². The van der Waals surface area contributed by atoms with Crippen LogP contribution in [-0.4, -0.2) is 52.9 Å². The number of β-amino-alcohol motifs (C(OH)–C–C–N with tert-alkyl or cyclic N) is 1. The summed E-state index contributed by atoms with van der Waals surface area (Å²) in [5.74, 6) is 0.831. The maximum atomic E-state index is 13.4. The molecule has 0 amide bonds. The minimum atomic E-state index is -0.532. The molecule has 1 aromatic carbocycles. The van der Waals surface area contributed by atoms with Crippen LogP contribution >= 0.6 is 11.8 Å². The van der Waals surface area contributed by atoms with Crippen molar-refractivity contribution in [1.82, 2.24) is 4.90 Å². The van der Waals surface area contributed by atoms with Crippen LogP contribution in [0.3, 0.4) is 0 Å². The van der Waals surface area contributed by atoms with Crippen LogP contribution in [0.4, 0.5) is 4.39 Å². The van der Waals surface area contributed by atoms with Gasteiger partial charge in [-0.3, -0.25) is 4.90 Å². The molecule has 0 bridgehead atoms. The molecule has 1 fully saturated rings. The molecule has 1 atom stereocenters. The first-order valence-corrected chi connectivity index (χ1v) is 8.30. The lowest BCUT2D eigenvalue weighted by molar-refractivity contribution is 0.00856. The second kappa shape index (κ2) is 7.58. The second-order valence-corrected chi connectivity index (χ2v) is 7.91. The lowest BCUT2D eigenvalue weighted by Gasteiger charge is -2.38. The molecule has 1 aromatic rings. The van der Waals surface area contributed by atoms with Crippen LogP contribution < -0.4 is 0 Å². The Kier molecular flexibility index (Phi) is 6.05. The largest absolute Gasteiger partial charge is 0.389 e. The fraction of sp³-hybridized carbons (Fsp3) is 0.625. The molecule has 118 valence electrons. The summed E-state index contributed by atoms with van der Waals surface area (Å²) >= 11 is 1.97. The highest BCUT2D eigenvalue weighted by molar-refractivity contribution is 8.00. The Bertz CT molecular complexity index is 456. The van der Waals surface area contributed by atoms with Gasteiger partial charge in [0.05, 0.1) is 19.3 Å². The first kappa shape index (κ1) is 16.7. The molecule has 1 heterocycles. The third-order valence-electron chi connectivity index (χ3n) is 3.50. The Morgan fingerprint density at radius 1 is 1.43 bits per heavy atom. The van der Waals surface area contributed by atoms with E-state index >= 15 is 0 Å². The lowest BCUT2D eigenvalue weighted by atomic mass is 10.1. The number of benzene rings is 1. The van der Waals surface area contributed by atoms with Gasteiger partial charge in [0.25, 0.3) is 0 Å². The SMILES string of the molecule is CC1(C)CN(CC(O)COCc2ccccc2F)CCS1. The highest BCUT2D eigenvalue weighted by atomic mass is 32.2. The van der Waals surface area contributed by atoms with Crippen molar-refractivity contribution in [3.05, 3.63) is 35.6 Å². The summed E-state index contributed by atoms with van der Waals surface area (Å²) < 4.78 is 19.1. The molecule has 1 saturated heterocycles. The molecule has 0 radical (unpaired) electrons. The Morgan fingerprint density at radius 2 is 2.19 bits per heavy atom. The van der Waals surface area contributed by atoms with E-state index in [0.29, 0.717) is 12.1 Å². The molecule has 0 spiro atoms. The zero-order chi connectivity index (χ0) is 15.3. The molecule has 1 aliphatic rings. The van der Waals surface area contributed by atoms with E-state index in [1.807, 2.05) is 11.8 Å². The molecule has 0 saturated carbocycles. The molecular formula is C16H24FNO2S. The van der Waals surface area contributed by atoms with E-state index in [0.717, 1.165) is 18.8 Å². The maximum Gasteiger partial charge on any atom is 0.128 e. The molecule has 3 nitrogen and oxygen atoms in total. The Morgan fingerprint density at radius 3 is 2.90 bits per heavy atom. The number of aliphatic hydroxyl groups is 1. The Labute approximate surface area is 130 Å². The number of thioether (sulfide) groups is 1. The predicted octanol–water partition coefficient (Wildman–Crippen LogP) is 2.53. The van der Waals surface area contributed by atoms with Gasteiger partial charge in [0.1, 0.15) is 5.82 Å². The third kappa shape index (κ3) is 5.58. The summed E-state index contributed by atoms with van der Waals surface area (Å²) in [5.41, 5.74) is 0.528. The molecule has 0 aromatic heterocycles. The smallest absolute Gasteiger partial charge is 0.128 e. The number of halogens is 1. The summed E-state index contributed by atoms with van der Waals surface area (Å²) in [5, 5.41) is 10.1. The number of hydrogen-bond acceptors (Lipinski definition) is 4. The molecule has 0 aliphatic carbocycles. The molecule has 1 aliphatic heterocycles. The molecule has 1 unspecified atom stereocenters. The average Bonchev–Trinajstić information content (AvgIpc) is 2.40. The van der Waals surface area contributed by atoms with E-state index in [2.05, 4.69) is 18.7 Å². The van der Waals surface area contributed by atoms with E-state index < -0.39 is 6.10 Å². The summed E-state index contributed by atoms with van der Waals surface area (Å²) in [4.78, 5) is 2.27. The quantitative estimate of drug-likeness (QED) is 0.875. The number of rotatable bonds is 6. The van der Waals surface area contributed by atoms with Crippen molar-refractivity contribution in [1.29, 1.82) is 0 Å². The molecule has 2 rings (SSSR count). The monoisotopic (exact) mass is 313 g/mol. The van der Waals surface area contributed by atoms with Gasteiger partial charge in [-0.05, 0) is 19.9 Å². The van der Waals surface area contributed by atoms with Crippen molar-refractivity contribution >= 4 is 11.8 Å². The fourth-order valence-corrected chi connectivity index (χ4v) is 3.72. The third-order valence-corrected chi connectivity index (χ3v) is 4.80. The van der Waals surface area contributed by atoms with Crippen molar-refractivity contribution in [2.24, 2.45) is 0 Å². The van der Waals surface area contributed by atoms with Crippen molar-refractivity contribution in [2.75, 3.05) is 32.0 Å². The number of hydrogen-bond donors (Lipinski definition) is 1. The topological polar surface area (TPSA) is 32.7 Å². The van der Waals surface area contributed by atoms with Crippen LogP contribution in [0.5, 0.6) is 0 Å². The van der Waals surface area contributed by atoms with Gasteiger partial charge in [-0.25, -0.2) is 4.39 Å². The fourth-order valence-electron chi connectivity index (χ4n) is 2.54. The van der Waals surface area contributed by atoms with Crippen LogP contribution in [0.1, 0.15) is 19.4 Å². The summed E-state index contributed by atoms with van der Waals surface area (Å²) in [6.45, 7) is 7.47. The van der Waals surface area contributed by atoms with E-state index in [4.69, 9.17) is 4.74 Å². The summed E-state index contributed by atoms with van der Waals surface area (Å²) in [6, 6.07) is 6.56.